The summed E-state index contributed by atoms with van der Waals surface area (Å²) >= 11 is 0.764. The summed E-state index contributed by atoms with van der Waals surface area (Å²) in [5, 5.41) is 0. The largest absolute Gasteiger partial charge is 0.530 e. The third-order valence-corrected chi connectivity index (χ3v) is 0.958. The Balaban J connectivity index is 2.54. The van der Waals surface area contributed by atoms with Gasteiger partial charge >= 0.3 is 21.1 Å². The topological polar surface area (TPSA) is 55.3 Å². The van der Waals surface area contributed by atoms with E-state index in [2.05, 4.69) is 14.5 Å². The molecule has 3 nitrogen and oxygen atoms in total. The van der Waals surface area contributed by atoms with Crippen LogP contribution in [0, 0.1) is 0 Å². The number of halogens is 2. The molecule has 5 heteroatoms. The van der Waals surface area contributed by atoms with E-state index in [4.69, 9.17) is 6.87 Å². The fourth-order valence-electron chi connectivity index (χ4n) is 0. The van der Waals surface area contributed by atoms with Gasteiger partial charge in [0, 0.05) is 0 Å². The molecule has 0 unspecified atom stereocenters. The maximum absolute atomic E-state index is 9.14. The van der Waals surface area contributed by atoms with Gasteiger partial charge in [-0.2, -0.15) is 0 Å². The van der Waals surface area contributed by atoms with Gasteiger partial charge in [0.15, 0.2) is 11.9 Å². The van der Waals surface area contributed by atoms with Crippen LogP contribution in [0.5, 0.6) is 0 Å². The van der Waals surface area contributed by atoms with E-state index in [0.717, 1.165) is 0 Å². The minimum Gasteiger partial charge on any atom is -0.395 e. The van der Waals surface area contributed by atoms with Crippen LogP contribution in [-0.4, -0.2) is 0 Å². The lowest BCUT2D eigenvalue weighted by molar-refractivity contribution is -1.62. The number of hydrogen-bond donors (Lipinski definition) is 0. The zero-order valence-corrected chi connectivity index (χ0v) is 4.89. The second-order valence-electron chi connectivity index (χ2n) is 0.247. The summed E-state index contributed by atoms with van der Waals surface area (Å²) in [6, 6.07) is 0. The average molecular weight is 210 g/mol. The average Bonchev–Trinajstić information content (AvgIpc) is 1.38. The molecule has 0 bridgehead atoms. The van der Waals surface area contributed by atoms with Crippen LogP contribution in [0.1, 0.15) is 0 Å². The van der Waals surface area contributed by atoms with Gasteiger partial charge in [-0.25, -0.2) is 0 Å². The van der Waals surface area contributed by atoms with Crippen molar-refractivity contribution >= 4 is 11.9 Å². The molecule has 32 valence electrons. The third-order valence-electron chi connectivity index (χ3n) is 0.0476. The molecule has 0 spiro atoms. The van der Waals surface area contributed by atoms with Gasteiger partial charge in [0.2, 0.25) is 0 Å². The van der Waals surface area contributed by atoms with E-state index < -0.39 is 21.1 Å². The Morgan fingerprint density at radius 3 is 1.80 bits per heavy atom. The molecule has 0 aromatic rings. The standard InChI is InChI=1S/ClIO3/c1-5-2(3)4. The molecule has 0 aliphatic rings. The smallest absolute Gasteiger partial charge is 0.395 e. The molecule has 0 fully saturated rings. The van der Waals surface area contributed by atoms with E-state index >= 15 is 0 Å². The lowest BCUT2D eigenvalue weighted by atomic mass is 15.9. The quantitative estimate of drug-likeness (QED) is 0.408. The molecular weight excluding hydrogens is 210 g/mol. The second kappa shape index (κ2) is 3.10. The predicted octanol–water partition coefficient (Wildman–Crippen LogP) is -4.75. The van der Waals surface area contributed by atoms with Gasteiger partial charge in [0.1, 0.15) is 0 Å². The molecule has 0 amide bonds. The molecule has 0 rings (SSSR count). The van der Waals surface area contributed by atoms with E-state index in [1.54, 1.807) is 0 Å². The minimum absolute atomic E-state index is 3.27. The van der Waals surface area contributed by atoms with E-state index in [1.165, 1.54) is 0 Å². The second-order valence-corrected chi connectivity index (χ2v) is 2.44. The summed E-state index contributed by atoms with van der Waals surface area (Å²) in [4.78, 5) is 0. The van der Waals surface area contributed by atoms with Gasteiger partial charge in [0.25, 0.3) is 0 Å². The number of hydrogen-bond acceptors (Lipinski definition) is 3. The van der Waals surface area contributed by atoms with Crippen molar-refractivity contribution in [2.75, 3.05) is 0 Å². The van der Waals surface area contributed by atoms with Crippen LogP contribution in [-0.2, 0) is 2.62 Å². The molecular formula is ClIO3. The molecule has 0 atom stereocenters. The lowest BCUT2D eigenvalue weighted by Crippen LogP contribution is -3.98. The summed E-state index contributed by atoms with van der Waals surface area (Å²) in [6.07, 6.45) is 0. The van der Waals surface area contributed by atoms with Crippen LogP contribution < -0.4 is 27.9 Å². The van der Waals surface area contributed by atoms with Crippen molar-refractivity contribution in [1.29, 1.82) is 0 Å². The molecule has 0 aromatic carbocycles. The highest BCUT2D eigenvalue weighted by Crippen LogP contribution is 1.48. The van der Waals surface area contributed by atoms with Gasteiger partial charge in [-0.05, 0) is 0 Å². The van der Waals surface area contributed by atoms with Crippen molar-refractivity contribution in [3.8, 4) is 0 Å². The molecule has 0 aliphatic heterocycles. The monoisotopic (exact) mass is 210 g/mol. The summed E-state index contributed by atoms with van der Waals surface area (Å²) in [7, 11) is 0. The Morgan fingerprint density at radius 2 is 1.80 bits per heavy atom. The van der Waals surface area contributed by atoms with Crippen LogP contribution >= 0.6 is 11.9 Å². The highest BCUT2D eigenvalue weighted by Gasteiger charge is 2.05. The van der Waals surface area contributed by atoms with Gasteiger partial charge in [-0.1, -0.05) is 0 Å². The molecule has 0 heterocycles. The Morgan fingerprint density at radius 1 is 1.60 bits per heavy atom. The van der Waals surface area contributed by atoms with Crippen LogP contribution in [0.3, 0.4) is 0 Å². The van der Waals surface area contributed by atoms with Crippen molar-refractivity contribution in [1.82, 2.24) is 0 Å². The highest BCUT2D eigenvalue weighted by molar-refractivity contribution is 6.06. The Hall–Kier alpha value is 0.900. The first-order valence-corrected chi connectivity index (χ1v) is 3.57. The van der Waals surface area contributed by atoms with E-state index in [0.29, 0.717) is 0 Å². The van der Waals surface area contributed by atoms with Crippen LogP contribution in [0.4, 0.5) is 0 Å². The van der Waals surface area contributed by atoms with Gasteiger partial charge in [-0.3, -0.25) is 0 Å². The molecule has 5 heavy (non-hydrogen) atoms. The fourth-order valence-corrected chi connectivity index (χ4v) is 0. The van der Waals surface area contributed by atoms with E-state index in [-0.39, 0.29) is 0 Å². The van der Waals surface area contributed by atoms with Crippen LogP contribution in [0.2, 0.25) is 0 Å². The summed E-state index contributed by atoms with van der Waals surface area (Å²) in [6.45, 7) is 0. The molecule has 0 radical (unpaired) electrons. The Bertz CT molecular complexity index is 20.9. The first-order chi connectivity index (χ1) is 2.27. The molecule has 0 N–H and O–H groups in total. The minimum atomic E-state index is -3.52. The highest BCUT2D eigenvalue weighted by atomic mass is 127. The first-order valence-electron chi connectivity index (χ1n) is 0.617. The Labute approximate surface area is 42.7 Å². The zero-order valence-electron chi connectivity index (χ0n) is 1.98. The fraction of sp³-hybridized carbons (Fsp3) is 0. The molecule has 0 aliphatic carbocycles. The van der Waals surface area contributed by atoms with Crippen molar-refractivity contribution in [2.24, 2.45) is 0 Å². The third kappa shape index (κ3) is 4.90. The first kappa shape index (κ1) is 5.90. The number of rotatable bonds is 1. The normalized spacial score (nSPS) is 9.60. The predicted molar refractivity (Wildman–Crippen MR) is 6.94 cm³/mol. The Kier molecular flexibility index (Phi) is 3.66. The maximum Gasteiger partial charge on any atom is 0.530 e. The SMILES string of the molecule is [O-][I+2]([O-])OCl. The maximum atomic E-state index is 9.14. The van der Waals surface area contributed by atoms with Crippen molar-refractivity contribution in [3.63, 3.8) is 0 Å². The van der Waals surface area contributed by atoms with Gasteiger partial charge in [0.05, 0.1) is 2.62 Å². The van der Waals surface area contributed by atoms with Gasteiger partial charge < -0.3 is 6.87 Å². The van der Waals surface area contributed by atoms with Crippen LogP contribution in [0.15, 0.2) is 0 Å². The molecule has 0 saturated heterocycles. The van der Waals surface area contributed by atoms with Crippen molar-refractivity contribution in [3.05, 3.63) is 0 Å². The zero-order chi connectivity index (χ0) is 4.28. The van der Waals surface area contributed by atoms with Crippen LogP contribution in [0.25, 0.3) is 0 Å². The van der Waals surface area contributed by atoms with Crippen molar-refractivity contribution < 1.29 is 30.6 Å². The summed E-state index contributed by atoms with van der Waals surface area (Å²) < 4.78 is 21.6. The summed E-state index contributed by atoms with van der Waals surface area (Å²) in [5.74, 6) is 0. The van der Waals surface area contributed by atoms with E-state index in [1.807, 2.05) is 0 Å². The van der Waals surface area contributed by atoms with Crippen molar-refractivity contribution in [2.45, 2.75) is 0 Å². The summed E-state index contributed by atoms with van der Waals surface area (Å²) in [5.41, 5.74) is 0. The molecule has 0 aromatic heterocycles. The lowest BCUT2D eigenvalue weighted by Gasteiger charge is -1.73. The molecule has 0 saturated carbocycles. The van der Waals surface area contributed by atoms with E-state index in [9.17, 15) is 0 Å². The van der Waals surface area contributed by atoms with Gasteiger partial charge in [-0.15, -0.1) is 0 Å².